The average molecular weight is 456 g/mol. The Labute approximate surface area is 193 Å². The molecule has 0 radical (unpaired) electrons. The van der Waals surface area contributed by atoms with Crippen LogP contribution in [0, 0.1) is 12.8 Å². The zero-order chi connectivity index (χ0) is 24.0. The summed E-state index contributed by atoms with van der Waals surface area (Å²) in [6, 6.07) is 9.43. The summed E-state index contributed by atoms with van der Waals surface area (Å²) in [7, 11) is 1.49. The molecule has 6 nitrogen and oxygen atoms in total. The minimum Gasteiger partial charge on any atom is -0.483 e. The molecule has 3 rings (SSSR count). The van der Waals surface area contributed by atoms with Crippen LogP contribution in [0.1, 0.15) is 42.5 Å². The lowest BCUT2D eigenvalue weighted by atomic mass is 9.87. The van der Waals surface area contributed by atoms with Crippen LogP contribution in [0.25, 0.3) is 22.9 Å². The molecular weight excluding hydrogens is 424 g/mol. The minimum atomic E-state index is -2.53. The first-order chi connectivity index (χ1) is 15.7. The molecule has 0 aliphatic heterocycles. The second kappa shape index (κ2) is 10.5. The van der Waals surface area contributed by atoms with Crippen molar-refractivity contribution in [2.24, 2.45) is 22.4 Å². The van der Waals surface area contributed by atoms with Gasteiger partial charge in [0.2, 0.25) is 5.92 Å². The van der Waals surface area contributed by atoms with Crippen LogP contribution in [0.2, 0.25) is 0 Å². The van der Waals surface area contributed by atoms with Crippen LogP contribution in [-0.4, -0.2) is 30.8 Å². The standard InChI is InChI=1S/C25H31F2N5O/c1-16-3-6-21(20(13-28)15-31-14-17-7-9-25(26,27)10-8-17)24(32-16)19-5-4-18(22(29)11-19)12-23(30)33-2/h3-6,11-13,15,17H,7-10,14,28-30H2,1-2H3/b20-13+,23-12+,31-15?. The Kier molecular flexibility index (Phi) is 7.68. The van der Waals surface area contributed by atoms with Gasteiger partial charge in [-0.3, -0.25) is 9.98 Å². The molecule has 0 bridgehead atoms. The number of hydrogen-bond donors (Lipinski definition) is 3. The van der Waals surface area contributed by atoms with E-state index in [0.717, 1.165) is 28.1 Å². The van der Waals surface area contributed by atoms with Gasteiger partial charge in [0.05, 0.1) is 12.8 Å². The molecule has 1 fully saturated rings. The summed E-state index contributed by atoms with van der Waals surface area (Å²) in [4.78, 5) is 9.23. The molecule has 1 aliphatic carbocycles. The summed E-state index contributed by atoms with van der Waals surface area (Å²) >= 11 is 0. The fourth-order valence-electron chi connectivity index (χ4n) is 3.86. The molecule has 1 saturated carbocycles. The monoisotopic (exact) mass is 455 g/mol. The van der Waals surface area contributed by atoms with Gasteiger partial charge in [0, 0.05) is 71.5 Å². The summed E-state index contributed by atoms with van der Waals surface area (Å²) in [6.45, 7) is 2.41. The van der Waals surface area contributed by atoms with Crippen LogP contribution in [-0.2, 0) is 4.74 Å². The van der Waals surface area contributed by atoms with E-state index in [-0.39, 0.29) is 24.6 Å². The van der Waals surface area contributed by atoms with Crippen molar-refractivity contribution in [3.05, 3.63) is 59.2 Å². The Balaban J connectivity index is 1.85. The second-order valence-corrected chi connectivity index (χ2v) is 8.36. The first-order valence-electron chi connectivity index (χ1n) is 10.9. The SMILES string of the molecule is CO/C(N)=C/c1ccc(-c2nc(C)ccc2/C(C=NCC2CCC(F)(F)CC2)=C/N)cc1N. The van der Waals surface area contributed by atoms with E-state index in [2.05, 4.69) is 4.99 Å². The third-order valence-corrected chi connectivity index (χ3v) is 5.85. The maximum Gasteiger partial charge on any atom is 0.248 e. The maximum absolute atomic E-state index is 13.4. The van der Waals surface area contributed by atoms with Gasteiger partial charge in [0.25, 0.3) is 0 Å². The number of aryl methyl sites for hydroxylation is 1. The highest BCUT2D eigenvalue weighted by Gasteiger charge is 2.34. The Bertz CT molecular complexity index is 1070. The molecule has 1 heterocycles. The van der Waals surface area contributed by atoms with Crippen LogP contribution in [0.4, 0.5) is 14.5 Å². The Morgan fingerprint density at radius 2 is 1.97 bits per heavy atom. The number of hydrogen-bond acceptors (Lipinski definition) is 6. The summed E-state index contributed by atoms with van der Waals surface area (Å²) in [5, 5.41) is 0. The summed E-state index contributed by atoms with van der Waals surface area (Å²) in [6.07, 6.45) is 5.66. The number of allylic oxidation sites excluding steroid dienone is 1. The highest BCUT2D eigenvalue weighted by atomic mass is 19.3. The number of alkyl halides is 2. The third-order valence-electron chi connectivity index (χ3n) is 5.85. The van der Waals surface area contributed by atoms with Crippen molar-refractivity contribution in [2.75, 3.05) is 19.4 Å². The van der Waals surface area contributed by atoms with Crippen LogP contribution < -0.4 is 17.2 Å². The minimum absolute atomic E-state index is 0.0680. The largest absolute Gasteiger partial charge is 0.483 e. The molecule has 0 saturated heterocycles. The summed E-state index contributed by atoms with van der Waals surface area (Å²) in [5.41, 5.74) is 23.1. The van der Waals surface area contributed by atoms with Gasteiger partial charge in [-0.15, -0.1) is 0 Å². The molecule has 0 unspecified atom stereocenters. The van der Waals surface area contributed by atoms with Crippen molar-refractivity contribution < 1.29 is 13.5 Å². The molecule has 0 spiro atoms. The lowest BCUT2D eigenvalue weighted by molar-refractivity contribution is -0.0446. The molecule has 8 heteroatoms. The van der Waals surface area contributed by atoms with E-state index < -0.39 is 5.92 Å². The van der Waals surface area contributed by atoms with Crippen molar-refractivity contribution in [2.45, 2.75) is 38.5 Å². The van der Waals surface area contributed by atoms with Crippen molar-refractivity contribution in [1.29, 1.82) is 0 Å². The maximum atomic E-state index is 13.4. The second-order valence-electron chi connectivity index (χ2n) is 8.36. The van der Waals surface area contributed by atoms with Crippen molar-refractivity contribution in [3.63, 3.8) is 0 Å². The number of nitrogen functional groups attached to an aromatic ring is 1. The van der Waals surface area contributed by atoms with E-state index in [1.807, 2.05) is 37.3 Å². The quantitative estimate of drug-likeness (QED) is 0.317. The van der Waals surface area contributed by atoms with E-state index >= 15 is 0 Å². The number of pyridine rings is 1. The first-order valence-corrected chi connectivity index (χ1v) is 10.9. The Morgan fingerprint density at radius 1 is 1.24 bits per heavy atom. The van der Waals surface area contributed by atoms with Crippen LogP contribution in [0.3, 0.4) is 0 Å². The van der Waals surface area contributed by atoms with Gasteiger partial charge in [-0.2, -0.15) is 0 Å². The van der Waals surface area contributed by atoms with Gasteiger partial charge in [0.1, 0.15) is 0 Å². The number of halogens is 2. The van der Waals surface area contributed by atoms with E-state index in [4.69, 9.17) is 26.9 Å². The number of aromatic nitrogens is 1. The van der Waals surface area contributed by atoms with E-state index in [1.165, 1.54) is 13.3 Å². The van der Waals surface area contributed by atoms with Gasteiger partial charge < -0.3 is 21.9 Å². The Morgan fingerprint density at radius 3 is 2.61 bits per heavy atom. The highest BCUT2D eigenvalue weighted by molar-refractivity contribution is 6.11. The van der Waals surface area contributed by atoms with E-state index in [9.17, 15) is 8.78 Å². The normalized spacial score (nSPS) is 17.5. The number of methoxy groups -OCH3 is 1. The number of rotatable bonds is 7. The van der Waals surface area contributed by atoms with E-state index in [1.54, 1.807) is 12.3 Å². The van der Waals surface area contributed by atoms with Crippen LogP contribution >= 0.6 is 0 Å². The molecule has 0 atom stereocenters. The predicted molar refractivity (Wildman–Crippen MR) is 130 cm³/mol. The lowest BCUT2D eigenvalue weighted by Gasteiger charge is -2.27. The number of benzene rings is 1. The van der Waals surface area contributed by atoms with Crippen molar-refractivity contribution >= 4 is 23.6 Å². The zero-order valence-electron chi connectivity index (χ0n) is 19.0. The number of anilines is 1. The molecule has 1 aromatic heterocycles. The van der Waals surface area contributed by atoms with Gasteiger partial charge in [-0.05, 0) is 37.8 Å². The molecule has 2 aromatic rings. The summed E-state index contributed by atoms with van der Waals surface area (Å²) in [5.74, 6) is -2.11. The lowest BCUT2D eigenvalue weighted by Crippen LogP contribution is -2.25. The molecule has 176 valence electrons. The van der Waals surface area contributed by atoms with E-state index in [0.29, 0.717) is 30.6 Å². The molecular formula is C25H31F2N5O. The fourth-order valence-corrected chi connectivity index (χ4v) is 3.86. The number of aliphatic imine (C=N–C) groups is 1. The van der Waals surface area contributed by atoms with Gasteiger partial charge in [-0.25, -0.2) is 8.78 Å². The van der Waals surface area contributed by atoms with Crippen LogP contribution in [0.5, 0.6) is 0 Å². The van der Waals surface area contributed by atoms with Crippen molar-refractivity contribution in [1.82, 2.24) is 4.98 Å². The smallest absolute Gasteiger partial charge is 0.248 e. The topological polar surface area (TPSA) is 113 Å². The number of nitrogens with zero attached hydrogens (tertiary/aromatic N) is 2. The molecule has 6 N–H and O–H groups in total. The van der Waals surface area contributed by atoms with Crippen LogP contribution in [0.15, 0.2) is 47.4 Å². The predicted octanol–water partition coefficient (Wildman–Crippen LogP) is 4.74. The first kappa shape index (κ1) is 24.2. The molecule has 1 aliphatic rings. The van der Waals surface area contributed by atoms with Gasteiger partial charge >= 0.3 is 0 Å². The van der Waals surface area contributed by atoms with Gasteiger partial charge in [-0.1, -0.05) is 18.2 Å². The van der Waals surface area contributed by atoms with Gasteiger partial charge in [0.15, 0.2) is 5.88 Å². The Hall–Kier alpha value is -3.42. The average Bonchev–Trinajstić information content (AvgIpc) is 2.79. The number of ether oxygens (including phenoxy) is 1. The molecule has 0 amide bonds. The molecule has 33 heavy (non-hydrogen) atoms. The number of nitrogens with two attached hydrogens (primary N) is 3. The highest BCUT2D eigenvalue weighted by Crippen LogP contribution is 2.36. The fraction of sp³-hybridized carbons (Fsp3) is 0.360. The summed E-state index contributed by atoms with van der Waals surface area (Å²) < 4.78 is 31.8. The molecule has 1 aromatic carbocycles. The van der Waals surface area contributed by atoms with Crippen molar-refractivity contribution in [3.8, 4) is 11.3 Å². The third kappa shape index (κ3) is 6.31. The zero-order valence-corrected chi connectivity index (χ0v) is 19.0.